The van der Waals surface area contributed by atoms with Gasteiger partial charge in [0.05, 0.1) is 10.2 Å². The van der Waals surface area contributed by atoms with Gasteiger partial charge in [0.25, 0.3) is 0 Å². The molecule has 0 aliphatic carbocycles. The lowest BCUT2D eigenvalue weighted by Crippen LogP contribution is -2.28. The molecule has 86 valence electrons. The Morgan fingerprint density at radius 2 is 2.19 bits per heavy atom. The fraction of sp³-hybridized carbons (Fsp3) is 0.417. The molecule has 16 heavy (non-hydrogen) atoms. The van der Waals surface area contributed by atoms with Crippen LogP contribution in [0.2, 0.25) is 0 Å². The highest BCUT2D eigenvalue weighted by molar-refractivity contribution is 7.22. The number of benzene rings is 1. The van der Waals surface area contributed by atoms with Crippen molar-refractivity contribution >= 4 is 26.7 Å². The van der Waals surface area contributed by atoms with E-state index >= 15 is 0 Å². The second-order valence-corrected chi connectivity index (χ2v) is 5.19. The number of nitrogens with zero attached hydrogens (tertiary/aromatic N) is 2. The molecule has 1 heterocycles. The van der Waals surface area contributed by atoms with Crippen molar-refractivity contribution in [3.63, 3.8) is 0 Å². The molecule has 1 aromatic carbocycles. The van der Waals surface area contributed by atoms with E-state index < -0.39 is 0 Å². The van der Waals surface area contributed by atoms with Crippen LogP contribution in [-0.4, -0.2) is 25.1 Å². The number of anilines is 1. The van der Waals surface area contributed by atoms with Gasteiger partial charge in [-0.1, -0.05) is 30.4 Å². The summed E-state index contributed by atoms with van der Waals surface area (Å²) in [6, 6.07) is 8.23. The molecule has 2 rings (SSSR count). The molecular formula is C12H17N3S. The predicted octanol–water partition coefficient (Wildman–Crippen LogP) is 2.33. The monoisotopic (exact) mass is 235 g/mol. The number of fused-ring (bicyclic) bond motifs is 1. The Balaban J connectivity index is 2.19. The van der Waals surface area contributed by atoms with Gasteiger partial charge in [0.15, 0.2) is 5.13 Å². The molecule has 0 bridgehead atoms. The van der Waals surface area contributed by atoms with Crippen LogP contribution < -0.4 is 10.6 Å². The number of aromatic nitrogens is 1. The van der Waals surface area contributed by atoms with E-state index in [1.165, 1.54) is 4.70 Å². The van der Waals surface area contributed by atoms with Gasteiger partial charge >= 0.3 is 0 Å². The summed E-state index contributed by atoms with van der Waals surface area (Å²) in [5.41, 5.74) is 6.71. The zero-order valence-electron chi connectivity index (χ0n) is 9.68. The molecule has 0 saturated heterocycles. The van der Waals surface area contributed by atoms with Gasteiger partial charge in [-0.15, -0.1) is 0 Å². The quantitative estimate of drug-likeness (QED) is 0.884. The standard InChI is InChI=1S/C12H17N3S/c1-9(7-13)8-15(2)12-14-10-5-3-4-6-11(10)16-12/h3-6,9H,7-8,13H2,1-2H3. The van der Waals surface area contributed by atoms with E-state index in [1.54, 1.807) is 11.3 Å². The zero-order valence-corrected chi connectivity index (χ0v) is 10.5. The fourth-order valence-electron chi connectivity index (χ4n) is 1.64. The van der Waals surface area contributed by atoms with Gasteiger partial charge in [-0.05, 0) is 24.6 Å². The molecule has 2 N–H and O–H groups in total. The lowest BCUT2D eigenvalue weighted by Gasteiger charge is -2.19. The van der Waals surface area contributed by atoms with Gasteiger partial charge in [-0.2, -0.15) is 0 Å². The Labute approximate surface area is 99.9 Å². The van der Waals surface area contributed by atoms with E-state index in [0.717, 1.165) is 23.7 Å². The highest BCUT2D eigenvalue weighted by Gasteiger charge is 2.10. The van der Waals surface area contributed by atoms with Crippen LogP contribution >= 0.6 is 11.3 Å². The summed E-state index contributed by atoms with van der Waals surface area (Å²) in [4.78, 5) is 6.79. The highest BCUT2D eigenvalue weighted by atomic mass is 32.1. The van der Waals surface area contributed by atoms with Crippen molar-refractivity contribution in [1.82, 2.24) is 4.98 Å². The number of hydrogen-bond donors (Lipinski definition) is 1. The molecule has 1 unspecified atom stereocenters. The smallest absolute Gasteiger partial charge is 0.186 e. The minimum absolute atomic E-state index is 0.497. The van der Waals surface area contributed by atoms with Crippen LogP contribution in [0.25, 0.3) is 10.2 Å². The van der Waals surface area contributed by atoms with E-state index in [9.17, 15) is 0 Å². The predicted molar refractivity (Wildman–Crippen MR) is 71.1 cm³/mol. The molecule has 0 amide bonds. The average Bonchev–Trinajstić information content (AvgIpc) is 2.72. The molecule has 0 aliphatic heterocycles. The Hall–Kier alpha value is -1.13. The van der Waals surface area contributed by atoms with Crippen molar-refractivity contribution in [2.45, 2.75) is 6.92 Å². The molecular weight excluding hydrogens is 218 g/mol. The summed E-state index contributed by atoms with van der Waals surface area (Å²) in [5, 5.41) is 1.07. The number of thiazole rings is 1. The summed E-state index contributed by atoms with van der Waals surface area (Å²) in [7, 11) is 2.07. The first kappa shape index (κ1) is 11.4. The third kappa shape index (κ3) is 2.33. The minimum Gasteiger partial charge on any atom is -0.351 e. The molecule has 0 saturated carbocycles. The second kappa shape index (κ2) is 4.80. The first-order valence-electron chi connectivity index (χ1n) is 5.47. The van der Waals surface area contributed by atoms with Gasteiger partial charge in [0.2, 0.25) is 0 Å². The first-order chi connectivity index (χ1) is 7.70. The van der Waals surface area contributed by atoms with Crippen LogP contribution in [0.1, 0.15) is 6.92 Å². The summed E-state index contributed by atoms with van der Waals surface area (Å²) in [6.45, 7) is 3.83. The van der Waals surface area contributed by atoms with Crippen molar-refractivity contribution in [2.75, 3.05) is 25.0 Å². The van der Waals surface area contributed by atoms with Crippen molar-refractivity contribution in [2.24, 2.45) is 11.7 Å². The fourth-order valence-corrected chi connectivity index (χ4v) is 2.58. The number of nitrogens with two attached hydrogens (primary N) is 1. The van der Waals surface area contributed by atoms with Crippen molar-refractivity contribution in [1.29, 1.82) is 0 Å². The summed E-state index contributed by atoms with van der Waals surface area (Å²) in [5.74, 6) is 0.497. The molecule has 0 aliphatic rings. The summed E-state index contributed by atoms with van der Waals surface area (Å²) >= 11 is 1.73. The molecule has 4 heteroatoms. The Kier molecular flexibility index (Phi) is 3.41. The Morgan fingerprint density at radius 1 is 1.44 bits per heavy atom. The normalized spacial score (nSPS) is 12.9. The maximum absolute atomic E-state index is 5.63. The topological polar surface area (TPSA) is 42.1 Å². The van der Waals surface area contributed by atoms with Crippen LogP contribution in [0, 0.1) is 5.92 Å². The van der Waals surface area contributed by atoms with Gasteiger partial charge in [0.1, 0.15) is 0 Å². The molecule has 0 fully saturated rings. The SMILES string of the molecule is CC(CN)CN(C)c1nc2ccccc2s1. The number of rotatable bonds is 4. The summed E-state index contributed by atoms with van der Waals surface area (Å²) < 4.78 is 1.24. The Bertz CT molecular complexity index is 433. The highest BCUT2D eigenvalue weighted by Crippen LogP contribution is 2.27. The van der Waals surface area contributed by atoms with Crippen LogP contribution in [0.15, 0.2) is 24.3 Å². The van der Waals surface area contributed by atoms with Crippen molar-refractivity contribution < 1.29 is 0 Å². The van der Waals surface area contributed by atoms with E-state index in [2.05, 4.69) is 36.0 Å². The van der Waals surface area contributed by atoms with Crippen molar-refractivity contribution in [3.05, 3.63) is 24.3 Å². The van der Waals surface area contributed by atoms with E-state index in [-0.39, 0.29) is 0 Å². The van der Waals surface area contributed by atoms with Crippen LogP contribution in [0.3, 0.4) is 0 Å². The third-order valence-electron chi connectivity index (χ3n) is 2.60. The van der Waals surface area contributed by atoms with E-state index in [1.807, 2.05) is 12.1 Å². The Morgan fingerprint density at radius 3 is 2.88 bits per heavy atom. The lowest BCUT2D eigenvalue weighted by atomic mass is 10.2. The molecule has 2 aromatic rings. The summed E-state index contributed by atoms with van der Waals surface area (Å²) in [6.07, 6.45) is 0. The second-order valence-electron chi connectivity index (χ2n) is 4.19. The number of para-hydroxylation sites is 1. The van der Waals surface area contributed by atoms with E-state index in [4.69, 9.17) is 5.73 Å². The molecule has 1 aromatic heterocycles. The van der Waals surface area contributed by atoms with Gasteiger partial charge in [0, 0.05) is 13.6 Å². The lowest BCUT2D eigenvalue weighted by molar-refractivity contribution is 0.590. The van der Waals surface area contributed by atoms with Crippen LogP contribution in [0.5, 0.6) is 0 Å². The van der Waals surface area contributed by atoms with Gasteiger partial charge in [-0.25, -0.2) is 4.98 Å². The molecule has 0 spiro atoms. The maximum atomic E-state index is 5.63. The van der Waals surface area contributed by atoms with Crippen LogP contribution in [-0.2, 0) is 0 Å². The minimum atomic E-state index is 0.497. The van der Waals surface area contributed by atoms with Gasteiger partial charge in [-0.3, -0.25) is 0 Å². The molecule has 1 atom stereocenters. The first-order valence-corrected chi connectivity index (χ1v) is 6.29. The van der Waals surface area contributed by atoms with Gasteiger partial charge < -0.3 is 10.6 Å². The molecule has 0 radical (unpaired) electrons. The van der Waals surface area contributed by atoms with Crippen molar-refractivity contribution in [3.8, 4) is 0 Å². The zero-order chi connectivity index (χ0) is 11.5. The largest absolute Gasteiger partial charge is 0.351 e. The maximum Gasteiger partial charge on any atom is 0.186 e. The third-order valence-corrected chi connectivity index (χ3v) is 3.75. The number of hydrogen-bond acceptors (Lipinski definition) is 4. The van der Waals surface area contributed by atoms with E-state index in [0.29, 0.717) is 5.92 Å². The van der Waals surface area contributed by atoms with Crippen LogP contribution in [0.4, 0.5) is 5.13 Å². The molecule has 3 nitrogen and oxygen atoms in total. The average molecular weight is 235 g/mol.